The summed E-state index contributed by atoms with van der Waals surface area (Å²) in [5.74, 6) is 0.395. The Morgan fingerprint density at radius 2 is 1.76 bits per heavy atom. The fourth-order valence-electron chi connectivity index (χ4n) is 2.31. The van der Waals surface area contributed by atoms with Gasteiger partial charge in [-0.3, -0.25) is 14.5 Å². The average Bonchev–Trinajstić information content (AvgIpc) is 2.59. The van der Waals surface area contributed by atoms with E-state index in [2.05, 4.69) is 5.32 Å². The van der Waals surface area contributed by atoms with E-state index in [0.29, 0.717) is 27.9 Å². The number of hydrogen-bond donors (Lipinski definition) is 1. The number of benzene rings is 2. The summed E-state index contributed by atoms with van der Waals surface area (Å²) < 4.78 is 10.3. The van der Waals surface area contributed by atoms with Crippen molar-refractivity contribution in [1.29, 1.82) is 0 Å². The molecule has 0 radical (unpaired) electrons. The Morgan fingerprint density at radius 3 is 2.36 bits per heavy atom. The molecule has 0 spiro atoms. The van der Waals surface area contributed by atoms with Gasteiger partial charge in [0.25, 0.3) is 0 Å². The van der Waals surface area contributed by atoms with Gasteiger partial charge in [0.15, 0.2) is 0 Å². The average molecular weight is 363 g/mol. The number of rotatable bonds is 6. The summed E-state index contributed by atoms with van der Waals surface area (Å²) in [6.45, 7) is 1.24. The van der Waals surface area contributed by atoms with Crippen molar-refractivity contribution in [3.63, 3.8) is 0 Å². The second-order valence-electron chi connectivity index (χ2n) is 5.17. The topological polar surface area (TPSA) is 67.9 Å². The summed E-state index contributed by atoms with van der Waals surface area (Å²) in [7, 11) is 3.02. The van der Waals surface area contributed by atoms with Gasteiger partial charge in [-0.25, -0.2) is 0 Å². The normalized spacial score (nSPS) is 10.1. The second-order valence-corrected chi connectivity index (χ2v) is 5.58. The van der Waals surface area contributed by atoms with Crippen molar-refractivity contribution in [3.05, 3.63) is 47.5 Å². The number of halogens is 1. The molecule has 0 saturated heterocycles. The Labute approximate surface area is 151 Å². The first-order chi connectivity index (χ1) is 12.0. The van der Waals surface area contributed by atoms with Gasteiger partial charge in [0, 0.05) is 12.6 Å². The monoisotopic (exact) mass is 362 g/mol. The van der Waals surface area contributed by atoms with Crippen LogP contribution in [-0.4, -0.2) is 32.6 Å². The molecule has 0 aliphatic rings. The van der Waals surface area contributed by atoms with Crippen LogP contribution < -0.4 is 19.7 Å². The molecule has 2 aromatic rings. The van der Waals surface area contributed by atoms with Gasteiger partial charge < -0.3 is 14.8 Å². The highest BCUT2D eigenvalue weighted by Crippen LogP contribution is 2.29. The van der Waals surface area contributed by atoms with Gasteiger partial charge in [-0.05, 0) is 30.3 Å². The molecule has 0 unspecified atom stereocenters. The highest BCUT2D eigenvalue weighted by atomic mass is 35.5. The first kappa shape index (κ1) is 18.6. The number of ether oxygens (including phenoxy) is 2. The molecule has 1 N–H and O–H groups in total. The minimum absolute atomic E-state index is 0.153. The summed E-state index contributed by atoms with van der Waals surface area (Å²) in [6.07, 6.45) is 0. The molecular formula is C18H19ClN2O4. The van der Waals surface area contributed by atoms with E-state index < -0.39 is 0 Å². The molecule has 2 amide bonds. The first-order valence-corrected chi connectivity index (χ1v) is 7.88. The smallest absolute Gasteiger partial charge is 0.244 e. The maximum atomic E-state index is 12.3. The molecule has 0 atom stereocenters. The maximum absolute atomic E-state index is 12.3. The Balaban J connectivity index is 2.16. The van der Waals surface area contributed by atoms with E-state index in [1.807, 2.05) is 0 Å². The molecule has 7 heteroatoms. The number of methoxy groups -OCH3 is 2. The number of hydrogen-bond acceptors (Lipinski definition) is 4. The highest BCUT2D eigenvalue weighted by Gasteiger charge is 2.19. The van der Waals surface area contributed by atoms with E-state index in [0.717, 1.165) is 0 Å². The van der Waals surface area contributed by atoms with E-state index >= 15 is 0 Å². The summed E-state index contributed by atoms with van der Waals surface area (Å²) >= 11 is 6.05. The van der Waals surface area contributed by atoms with Crippen molar-refractivity contribution in [2.45, 2.75) is 6.92 Å². The van der Waals surface area contributed by atoms with Gasteiger partial charge in [-0.2, -0.15) is 0 Å². The molecule has 2 aromatic carbocycles. The van der Waals surface area contributed by atoms with Crippen molar-refractivity contribution in [1.82, 2.24) is 0 Å². The molecule has 25 heavy (non-hydrogen) atoms. The lowest BCUT2D eigenvalue weighted by Crippen LogP contribution is -2.36. The highest BCUT2D eigenvalue weighted by molar-refractivity contribution is 6.32. The fourth-order valence-corrected chi connectivity index (χ4v) is 2.56. The predicted octanol–water partition coefficient (Wildman–Crippen LogP) is 3.35. The van der Waals surface area contributed by atoms with E-state index in [1.54, 1.807) is 42.5 Å². The van der Waals surface area contributed by atoms with Crippen LogP contribution in [0.2, 0.25) is 5.02 Å². The summed E-state index contributed by atoms with van der Waals surface area (Å²) in [5, 5.41) is 3.10. The Hall–Kier alpha value is -2.73. The number of nitrogens with one attached hydrogen (secondary N) is 1. The second kappa shape index (κ2) is 8.39. The van der Waals surface area contributed by atoms with E-state index in [1.165, 1.54) is 26.0 Å². The number of carbonyl (C=O) groups is 2. The van der Waals surface area contributed by atoms with Gasteiger partial charge in [0.1, 0.15) is 18.0 Å². The van der Waals surface area contributed by atoms with Crippen LogP contribution in [0.3, 0.4) is 0 Å². The Bertz CT molecular complexity index is 779. The minimum atomic E-state index is -0.359. The fraction of sp³-hybridized carbons (Fsp3) is 0.222. The minimum Gasteiger partial charge on any atom is -0.495 e. The Kier molecular flexibility index (Phi) is 6.25. The van der Waals surface area contributed by atoms with Crippen LogP contribution in [0.1, 0.15) is 6.92 Å². The number of amides is 2. The third kappa shape index (κ3) is 4.64. The van der Waals surface area contributed by atoms with Crippen LogP contribution >= 0.6 is 11.6 Å². The molecule has 0 saturated carbocycles. The zero-order valence-corrected chi connectivity index (χ0v) is 15.0. The maximum Gasteiger partial charge on any atom is 0.244 e. The quantitative estimate of drug-likeness (QED) is 0.855. The number of nitrogens with zero attached hydrogens (tertiary/aromatic N) is 1. The number of anilines is 2. The van der Waals surface area contributed by atoms with E-state index in [4.69, 9.17) is 21.1 Å². The van der Waals surface area contributed by atoms with Crippen LogP contribution in [0, 0.1) is 0 Å². The molecule has 0 aliphatic carbocycles. The third-order valence-electron chi connectivity index (χ3n) is 3.49. The van der Waals surface area contributed by atoms with Gasteiger partial charge in [0.2, 0.25) is 11.8 Å². The predicted molar refractivity (Wildman–Crippen MR) is 97.7 cm³/mol. The van der Waals surface area contributed by atoms with Gasteiger partial charge in [0.05, 0.1) is 24.9 Å². The lowest BCUT2D eigenvalue weighted by Gasteiger charge is -2.22. The Morgan fingerprint density at radius 1 is 1.08 bits per heavy atom. The third-order valence-corrected chi connectivity index (χ3v) is 3.79. The summed E-state index contributed by atoms with van der Waals surface area (Å²) in [6, 6.07) is 11.9. The molecule has 0 heterocycles. The molecular weight excluding hydrogens is 344 g/mol. The van der Waals surface area contributed by atoms with E-state index in [9.17, 15) is 9.59 Å². The molecule has 6 nitrogen and oxygen atoms in total. The van der Waals surface area contributed by atoms with Crippen molar-refractivity contribution in [2.75, 3.05) is 31.0 Å². The molecule has 0 bridgehead atoms. The molecule has 0 aromatic heterocycles. The standard InChI is InChI=1S/C18H19ClN2O4/c1-12(22)21(15-6-4-5-7-17(15)25-3)11-18(23)20-13-8-9-16(24-2)14(19)10-13/h4-10H,11H2,1-3H3,(H,20,23). The lowest BCUT2D eigenvalue weighted by atomic mass is 10.2. The lowest BCUT2D eigenvalue weighted by molar-refractivity contribution is -0.120. The van der Waals surface area contributed by atoms with Crippen LogP contribution in [-0.2, 0) is 9.59 Å². The SMILES string of the molecule is COc1ccc(NC(=O)CN(C(C)=O)c2ccccc2OC)cc1Cl. The largest absolute Gasteiger partial charge is 0.495 e. The molecule has 0 fully saturated rings. The van der Waals surface area contributed by atoms with Crippen LogP contribution in [0.25, 0.3) is 0 Å². The number of para-hydroxylation sites is 2. The van der Waals surface area contributed by atoms with Gasteiger partial charge >= 0.3 is 0 Å². The van der Waals surface area contributed by atoms with Crippen molar-refractivity contribution < 1.29 is 19.1 Å². The van der Waals surface area contributed by atoms with Gasteiger partial charge in [-0.15, -0.1) is 0 Å². The van der Waals surface area contributed by atoms with Crippen molar-refractivity contribution in [2.24, 2.45) is 0 Å². The molecule has 0 aliphatic heterocycles. The molecule has 132 valence electrons. The van der Waals surface area contributed by atoms with E-state index in [-0.39, 0.29) is 18.4 Å². The first-order valence-electron chi connectivity index (χ1n) is 7.50. The summed E-state index contributed by atoms with van der Waals surface area (Å²) in [4.78, 5) is 25.7. The van der Waals surface area contributed by atoms with Crippen LogP contribution in [0.5, 0.6) is 11.5 Å². The van der Waals surface area contributed by atoms with Gasteiger partial charge in [-0.1, -0.05) is 23.7 Å². The van der Waals surface area contributed by atoms with Crippen LogP contribution in [0.4, 0.5) is 11.4 Å². The van der Waals surface area contributed by atoms with Crippen LogP contribution in [0.15, 0.2) is 42.5 Å². The zero-order chi connectivity index (χ0) is 18.4. The van der Waals surface area contributed by atoms with Crippen molar-refractivity contribution in [3.8, 4) is 11.5 Å². The zero-order valence-electron chi connectivity index (χ0n) is 14.2. The van der Waals surface area contributed by atoms with Crippen molar-refractivity contribution >= 4 is 34.8 Å². The molecule has 2 rings (SSSR count). The summed E-state index contributed by atoms with van der Waals surface area (Å²) in [5.41, 5.74) is 1.04. The number of carbonyl (C=O) groups excluding carboxylic acids is 2.